The standard InChI is InChI=1S/C30H62N6O6/c1-29(2,3)41-27(37)31-11-23-39-25-21-36(22-26-40-24-12-32-28(38)42-30(4,5)6)16-10-14-33(7)13-9-15-35-19-17-34(8)18-20-35/h9-26H2,1-8H3,(H,31,37)(H,32,38). The van der Waals surface area contributed by atoms with E-state index < -0.39 is 23.4 Å². The highest BCUT2D eigenvalue weighted by molar-refractivity contribution is 5.67. The number of amides is 2. The molecule has 0 bridgehead atoms. The first-order chi connectivity index (χ1) is 19.7. The van der Waals surface area contributed by atoms with E-state index in [-0.39, 0.29) is 0 Å². The van der Waals surface area contributed by atoms with Gasteiger partial charge in [-0.05, 0) is 94.7 Å². The van der Waals surface area contributed by atoms with Gasteiger partial charge in [0.2, 0.25) is 0 Å². The maximum Gasteiger partial charge on any atom is 0.407 e. The molecule has 0 aliphatic carbocycles. The highest BCUT2D eigenvalue weighted by Gasteiger charge is 2.17. The van der Waals surface area contributed by atoms with Crippen molar-refractivity contribution in [1.82, 2.24) is 30.2 Å². The number of nitrogens with zero attached hydrogens (tertiary/aromatic N) is 4. The van der Waals surface area contributed by atoms with Crippen molar-refractivity contribution >= 4 is 12.2 Å². The van der Waals surface area contributed by atoms with E-state index in [4.69, 9.17) is 18.9 Å². The Bertz CT molecular complexity index is 682. The maximum atomic E-state index is 11.8. The molecule has 1 aliphatic rings. The summed E-state index contributed by atoms with van der Waals surface area (Å²) < 4.78 is 22.0. The van der Waals surface area contributed by atoms with E-state index in [9.17, 15) is 9.59 Å². The van der Waals surface area contributed by atoms with Crippen molar-refractivity contribution in [2.45, 2.75) is 65.6 Å². The largest absolute Gasteiger partial charge is 0.444 e. The van der Waals surface area contributed by atoms with E-state index in [2.05, 4.69) is 44.3 Å². The van der Waals surface area contributed by atoms with Crippen molar-refractivity contribution in [3.63, 3.8) is 0 Å². The van der Waals surface area contributed by atoms with Crippen LogP contribution in [0.1, 0.15) is 54.4 Å². The van der Waals surface area contributed by atoms with E-state index in [0.717, 1.165) is 39.1 Å². The molecule has 0 unspecified atom stereocenters. The number of alkyl carbamates (subject to hydrolysis) is 2. The molecule has 1 fully saturated rings. The van der Waals surface area contributed by atoms with Gasteiger partial charge in [0.05, 0.1) is 26.4 Å². The lowest BCUT2D eigenvalue weighted by Crippen LogP contribution is -2.45. The molecular weight excluding hydrogens is 540 g/mol. The maximum absolute atomic E-state index is 11.8. The first-order valence-electron chi connectivity index (χ1n) is 15.6. The molecular formula is C30H62N6O6. The number of ether oxygens (including phenoxy) is 4. The summed E-state index contributed by atoms with van der Waals surface area (Å²) in [5.41, 5.74) is -1.03. The van der Waals surface area contributed by atoms with E-state index in [1.165, 1.54) is 39.1 Å². The first kappa shape index (κ1) is 38.3. The second kappa shape index (κ2) is 21.1. The van der Waals surface area contributed by atoms with Gasteiger partial charge in [0.15, 0.2) is 0 Å². The Morgan fingerprint density at radius 1 is 0.690 bits per heavy atom. The number of carbonyl (C=O) groups excluding carboxylic acids is 2. The predicted octanol–water partition coefficient (Wildman–Crippen LogP) is 2.33. The number of piperazine rings is 1. The van der Waals surface area contributed by atoms with Crippen molar-refractivity contribution < 1.29 is 28.5 Å². The Hall–Kier alpha value is -1.70. The summed E-state index contributed by atoms with van der Waals surface area (Å²) in [6.07, 6.45) is 1.39. The van der Waals surface area contributed by atoms with Crippen LogP contribution in [0.4, 0.5) is 9.59 Å². The summed E-state index contributed by atoms with van der Waals surface area (Å²) in [4.78, 5) is 33.3. The normalized spacial score (nSPS) is 15.3. The molecule has 12 heteroatoms. The topological polar surface area (TPSA) is 108 Å². The molecule has 2 N–H and O–H groups in total. The van der Waals surface area contributed by atoms with Crippen molar-refractivity contribution in [1.29, 1.82) is 0 Å². The predicted molar refractivity (Wildman–Crippen MR) is 167 cm³/mol. The van der Waals surface area contributed by atoms with Crippen molar-refractivity contribution in [2.75, 3.05) is 119 Å². The lowest BCUT2D eigenvalue weighted by molar-refractivity contribution is 0.0469. The van der Waals surface area contributed by atoms with E-state index in [1.54, 1.807) is 0 Å². The van der Waals surface area contributed by atoms with Crippen LogP contribution in [0.25, 0.3) is 0 Å². The van der Waals surface area contributed by atoms with Crippen LogP contribution in [0, 0.1) is 0 Å². The van der Waals surface area contributed by atoms with Crippen LogP contribution < -0.4 is 10.6 Å². The molecule has 0 radical (unpaired) electrons. The van der Waals surface area contributed by atoms with Gasteiger partial charge in [-0.2, -0.15) is 0 Å². The monoisotopic (exact) mass is 602 g/mol. The third kappa shape index (κ3) is 22.8. The zero-order chi connectivity index (χ0) is 31.4. The van der Waals surface area contributed by atoms with Crippen LogP contribution >= 0.6 is 0 Å². The van der Waals surface area contributed by atoms with Crippen LogP contribution in [0.2, 0.25) is 0 Å². The summed E-state index contributed by atoms with van der Waals surface area (Å²) in [7, 11) is 4.40. The second-order valence-corrected chi connectivity index (χ2v) is 13.1. The average Bonchev–Trinajstić information content (AvgIpc) is 2.86. The van der Waals surface area contributed by atoms with Gasteiger partial charge in [-0.1, -0.05) is 0 Å². The van der Waals surface area contributed by atoms with Crippen LogP contribution in [0.15, 0.2) is 0 Å². The van der Waals surface area contributed by atoms with Crippen LogP contribution in [0.3, 0.4) is 0 Å². The van der Waals surface area contributed by atoms with Gasteiger partial charge in [-0.3, -0.25) is 4.90 Å². The summed E-state index contributed by atoms with van der Waals surface area (Å²) >= 11 is 0. The van der Waals surface area contributed by atoms with Crippen LogP contribution in [-0.2, 0) is 18.9 Å². The summed E-state index contributed by atoms with van der Waals surface area (Å²) in [6, 6.07) is 0. The first-order valence-corrected chi connectivity index (χ1v) is 15.6. The third-order valence-electron chi connectivity index (χ3n) is 6.56. The van der Waals surface area contributed by atoms with Crippen LogP contribution in [-0.4, -0.2) is 162 Å². The highest BCUT2D eigenvalue weighted by Crippen LogP contribution is 2.07. The smallest absolute Gasteiger partial charge is 0.407 e. The van der Waals surface area contributed by atoms with Gasteiger partial charge in [0.25, 0.3) is 0 Å². The number of hydrogen-bond acceptors (Lipinski definition) is 10. The molecule has 0 spiro atoms. The molecule has 0 aromatic heterocycles. The molecule has 1 aliphatic heterocycles. The molecule has 1 saturated heterocycles. The molecule has 248 valence electrons. The number of likely N-dealkylation sites (N-methyl/N-ethyl adjacent to an activating group) is 1. The summed E-state index contributed by atoms with van der Waals surface area (Å²) in [5.74, 6) is 0. The Kier molecular flexibility index (Phi) is 19.2. The second-order valence-electron chi connectivity index (χ2n) is 13.1. The molecule has 1 rings (SSSR count). The number of rotatable bonds is 20. The minimum Gasteiger partial charge on any atom is -0.444 e. The van der Waals surface area contributed by atoms with E-state index in [0.29, 0.717) is 39.5 Å². The van der Waals surface area contributed by atoms with Gasteiger partial charge in [-0.15, -0.1) is 0 Å². The molecule has 12 nitrogen and oxygen atoms in total. The zero-order valence-corrected chi connectivity index (χ0v) is 28.0. The lowest BCUT2D eigenvalue weighted by Gasteiger charge is -2.32. The number of hydrogen-bond donors (Lipinski definition) is 2. The Balaban J connectivity index is 2.30. The summed E-state index contributed by atoms with van der Waals surface area (Å²) in [5, 5.41) is 5.44. The number of carbonyl (C=O) groups is 2. The van der Waals surface area contributed by atoms with Crippen molar-refractivity contribution in [3.8, 4) is 0 Å². The molecule has 0 atom stereocenters. The molecule has 2 amide bonds. The SMILES string of the molecule is CN(CCCN(CCOCCNC(=O)OC(C)(C)C)CCOCCNC(=O)OC(C)(C)C)CCCN1CCN(C)CC1. The fourth-order valence-electron chi connectivity index (χ4n) is 4.32. The Morgan fingerprint density at radius 3 is 1.64 bits per heavy atom. The van der Waals surface area contributed by atoms with Crippen molar-refractivity contribution in [2.24, 2.45) is 0 Å². The van der Waals surface area contributed by atoms with Gasteiger partial charge in [0.1, 0.15) is 11.2 Å². The van der Waals surface area contributed by atoms with Gasteiger partial charge in [0, 0.05) is 52.4 Å². The zero-order valence-electron chi connectivity index (χ0n) is 28.0. The highest BCUT2D eigenvalue weighted by atomic mass is 16.6. The molecule has 42 heavy (non-hydrogen) atoms. The Morgan fingerprint density at radius 2 is 1.17 bits per heavy atom. The quantitative estimate of drug-likeness (QED) is 0.202. The molecule has 0 aromatic rings. The van der Waals surface area contributed by atoms with E-state index >= 15 is 0 Å². The van der Waals surface area contributed by atoms with Gasteiger partial charge >= 0.3 is 12.2 Å². The lowest BCUT2D eigenvalue weighted by atomic mass is 10.2. The number of nitrogens with one attached hydrogen (secondary N) is 2. The van der Waals surface area contributed by atoms with Crippen molar-refractivity contribution in [3.05, 3.63) is 0 Å². The van der Waals surface area contributed by atoms with Gasteiger partial charge < -0.3 is 44.3 Å². The Labute approximate surface area is 255 Å². The minimum atomic E-state index is -0.516. The minimum absolute atomic E-state index is 0.404. The fourth-order valence-corrected chi connectivity index (χ4v) is 4.32. The average molecular weight is 603 g/mol. The third-order valence-corrected chi connectivity index (χ3v) is 6.56. The van der Waals surface area contributed by atoms with E-state index in [1.807, 2.05) is 41.5 Å². The van der Waals surface area contributed by atoms with Gasteiger partial charge in [-0.25, -0.2) is 9.59 Å². The summed E-state index contributed by atoms with van der Waals surface area (Å²) in [6.45, 7) is 24.3. The molecule has 1 heterocycles. The molecule has 0 saturated carbocycles. The van der Waals surface area contributed by atoms with Crippen LogP contribution in [0.5, 0.6) is 0 Å². The molecule has 0 aromatic carbocycles. The fraction of sp³-hybridized carbons (Fsp3) is 0.933.